The zero-order chi connectivity index (χ0) is 23.5. The summed E-state index contributed by atoms with van der Waals surface area (Å²) < 4.78 is 11.5. The molecule has 0 spiro atoms. The largest absolute Gasteiger partial charge is 0.504 e. The standard InChI is InChI=1S/C28H33NO3S/c1-6-15-32-27-21(11-10-13-23(27)31-5)26(30)28-29(22-12-8-7-9-14-24(22)33-28)25-19(3)16-18(2)17-20(25)4/h6,10-11,13,16-17,30H,1,7-9,12,14-15H2,2-5H3/b28-26+. The van der Waals surface area contributed by atoms with Gasteiger partial charge in [0.2, 0.25) is 0 Å². The minimum atomic E-state index is 0.213. The smallest absolute Gasteiger partial charge is 0.172 e. The number of hydrogen-bond donors (Lipinski definition) is 1. The van der Waals surface area contributed by atoms with Gasteiger partial charge in [-0.1, -0.05) is 54.6 Å². The molecule has 1 heterocycles. The third-order valence-corrected chi connectivity index (χ3v) is 7.45. The van der Waals surface area contributed by atoms with Crippen LogP contribution >= 0.6 is 11.8 Å². The number of para-hydroxylation sites is 1. The summed E-state index contributed by atoms with van der Waals surface area (Å²) in [4.78, 5) is 3.67. The van der Waals surface area contributed by atoms with Gasteiger partial charge >= 0.3 is 0 Å². The van der Waals surface area contributed by atoms with E-state index in [4.69, 9.17) is 9.47 Å². The number of benzene rings is 2. The molecule has 0 bridgehead atoms. The molecule has 0 saturated heterocycles. The predicted molar refractivity (Wildman–Crippen MR) is 139 cm³/mol. The van der Waals surface area contributed by atoms with Crippen LogP contribution in [0.3, 0.4) is 0 Å². The van der Waals surface area contributed by atoms with E-state index in [-0.39, 0.29) is 5.76 Å². The number of aliphatic hydroxyl groups is 1. The van der Waals surface area contributed by atoms with Gasteiger partial charge in [0.25, 0.3) is 0 Å². The van der Waals surface area contributed by atoms with E-state index in [1.807, 2.05) is 18.2 Å². The Kier molecular flexibility index (Phi) is 7.08. The first-order valence-electron chi connectivity index (χ1n) is 11.6. The van der Waals surface area contributed by atoms with E-state index in [0.717, 1.165) is 23.6 Å². The molecule has 1 aliphatic carbocycles. The fraction of sp³-hybridized carbons (Fsp3) is 0.357. The van der Waals surface area contributed by atoms with Gasteiger partial charge in [0, 0.05) is 10.6 Å². The van der Waals surface area contributed by atoms with Crippen molar-refractivity contribution in [1.29, 1.82) is 0 Å². The van der Waals surface area contributed by atoms with Crippen LogP contribution < -0.4 is 14.4 Å². The van der Waals surface area contributed by atoms with Gasteiger partial charge in [0.15, 0.2) is 17.3 Å². The second-order valence-corrected chi connectivity index (χ2v) is 9.79. The average Bonchev–Trinajstić information content (AvgIpc) is 2.98. The second kappa shape index (κ2) is 10.0. The molecule has 1 aliphatic heterocycles. The molecule has 0 aromatic heterocycles. The third kappa shape index (κ3) is 4.51. The molecule has 2 aromatic carbocycles. The molecule has 1 N–H and O–H groups in total. The van der Waals surface area contributed by atoms with Crippen molar-refractivity contribution < 1.29 is 14.6 Å². The number of thioether (sulfide) groups is 1. The SMILES string of the molecule is C=CCOc1c(OC)cccc1/C(O)=C1\SC2=C(CCCCC2)N1c1c(C)cc(C)cc1C. The van der Waals surface area contributed by atoms with Crippen molar-refractivity contribution in [3.05, 3.63) is 80.9 Å². The fourth-order valence-corrected chi connectivity index (χ4v) is 6.15. The predicted octanol–water partition coefficient (Wildman–Crippen LogP) is 7.80. The van der Waals surface area contributed by atoms with E-state index in [1.165, 1.54) is 46.6 Å². The molecule has 0 amide bonds. The molecule has 0 radical (unpaired) electrons. The van der Waals surface area contributed by atoms with Crippen LogP contribution in [-0.2, 0) is 0 Å². The summed E-state index contributed by atoms with van der Waals surface area (Å²) in [5.41, 5.74) is 6.79. The number of ether oxygens (including phenoxy) is 2. The molecule has 0 fully saturated rings. The number of methoxy groups -OCH3 is 1. The normalized spacial score (nSPS) is 17.5. The van der Waals surface area contributed by atoms with Crippen LogP contribution in [0, 0.1) is 20.8 Å². The molecule has 0 saturated carbocycles. The molecule has 4 rings (SSSR count). The van der Waals surface area contributed by atoms with Gasteiger partial charge < -0.3 is 19.5 Å². The van der Waals surface area contributed by atoms with Crippen LogP contribution in [0.15, 0.2) is 58.6 Å². The highest BCUT2D eigenvalue weighted by atomic mass is 32.2. The number of aryl methyl sites for hydroxylation is 3. The Morgan fingerprint density at radius 2 is 1.85 bits per heavy atom. The van der Waals surface area contributed by atoms with E-state index in [0.29, 0.717) is 23.7 Å². The van der Waals surface area contributed by atoms with Crippen molar-refractivity contribution in [1.82, 2.24) is 0 Å². The molecule has 5 heteroatoms. The Morgan fingerprint density at radius 3 is 2.55 bits per heavy atom. The molecular formula is C28H33NO3S. The molecule has 4 nitrogen and oxygen atoms in total. The van der Waals surface area contributed by atoms with Gasteiger partial charge in [-0.2, -0.15) is 0 Å². The fourth-order valence-electron chi connectivity index (χ4n) is 4.86. The van der Waals surface area contributed by atoms with Crippen molar-refractivity contribution in [2.75, 3.05) is 18.6 Å². The molecule has 174 valence electrons. The van der Waals surface area contributed by atoms with E-state index >= 15 is 0 Å². The Morgan fingerprint density at radius 1 is 1.12 bits per heavy atom. The van der Waals surface area contributed by atoms with Gasteiger partial charge in [-0.3, -0.25) is 0 Å². The van der Waals surface area contributed by atoms with Crippen LogP contribution in [0.4, 0.5) is 5.69 Å². The third-order valence-electron chi connectivity index (χ3n) is 6.19. The van der Waals surface area contributed by atoms with E-state index in [9.17, 15) is 5.11 Å². The highest BCUT2D eigenvalue weighted by Gasteiger charge is 2.35. The summed E-state index contributed by atoms with van der Waals surface area (Å²) in [5, 5.41) is 12.6. The van der Waals surface area contributed by atoms with E-state index < -0.39 is 0 Å². The number of aliphatic hydroxyl groups excluding tert-OH is 1. The maximum Gasteiger partial charge on any atom is 0.172 e. The van der Waals surface area contributed by atoms with Gasteiger partial charge in [0.1, 0.15) is 11.6 Å². The minimum Gasteiger partial charge on any atom is -0.504 e. The molecule has 2 aliphatic rings. The Labute approximate surface area is 201 Å². The molecule has 2 aromatic rings. The Bertz CT molecular complexity index is 1110. The molecule has 33 heavy (non-hydrogen) atoms. The first-order valence-corrected chi connectivity index (χ1v) is 12.4. The van der Waals surface area contributed by atoms with Gasteiger partial charge in [-0.15, -0.1) is 0 Å². The highest BCUT2D eigenvalue weighted by Crippen LogP contribution is 2.53. The van der Waals surface area contributed by atoms with Crippen LogP contribution in [0.1, 0.15) is 54.4 Å². The number of allylic oxidation sites excluding steroid dienone is 2. The van der Waals surface area contributed by atoms with Crippen molar-refractivity contribution in [3.63, 3.8) is 0 Å². The van der Waals surface area contributed by atoms with Crippen LogP contribution in [0.2, 0.25) is 0 Å². The monoisotopic (exact) mass is 463 g/mol. The maximum atomic E-state index is 11.7. The molecule has 0 atom stereocenters. The lowest BCUT2D eigenvalue weighted by atomic mass is 10.0. The van der Waals surface area contributed by atoms with E-state index in [2.05, 4.69) is 44.4 Å². The average molecular weight is 464 g/mol. The topological polar surface area (TPSA) is 41.9 Å². The highest BCUT2D eigenvalue weighted by molar-refractivity contribution is 8.07. The lowest BCUT2D eigenvalue weighted by Gasteiger charge is -2.28. The van der Waals surface area contributed by atoms with Gasteiger partial charge in [0.05, 0.1) is 18.4 Å². The van der Waals surface area contributed by atoms with Crippen molar-refractivity contribution in [2.24, 2.45) is 0 Å². The number of hydrogen-bond acceptors (Lipinski definition) is 5. The van der Waals surface area contributed by atoms with Gasteiger partial charge in [-0.05, 0) is 69.7 Å². The van der Waals surface area contributed by atoms with E-state index in [1.54, 1.807) is 24.9 Å². The molecule has 0 unspecified atom stereocenters. The quantitative estimate of drug-likeness (QED) is 0.350. The number of rotatable bonds is 6. The van der Waals surface area contributed by atoms with Crippen LogP contribution in [0.25, 0.3) is 5.76 Å². The summed E-state index contributed by atoms with van der Waals surface area (Å²) in [7, 11) is 1.61. The first-order chi connectivity index (χ1) is 16.0. The summed E-state index contributed by atoms with van der Waals surface area (Å²) in [6.45, 7) is 10.5. The minimum absolute atomic E-state index is 0.213. The van der Waals surface area contributed by atoms with Crippen LogP contribution in [-0.4, -0.2) is 18.8 Å². The summed E-state index contributed by atoms with van der Waals surface area (Å²) in [5.74, 6) is 1.34. The van der Waals surface area contributed by atoms with Crippen molar-refractivity contribution in [3.8, 4) is 11.5 Å². The summed E-state index contributed by atoms with van der Waals surface area (Å²) >= 11 is 1.70. The summed E-state index contributed by atoms with van der Waals surface area (Å²) in [6, 6.07) is 10.1. The Balaban J connectivity index is 1.92. The van der Waals surface area contributed by atoms with Crippen molar-refractivity contribution >= 4 is 23.2 Å². The number of anilines is 1. The first kappa shape index (κ1) is 23.4. The lowest BCUT2D eigenvalue weighted by Crippen LogP contribution is -2.20. The molecular weight excluding hydrogens is 430 g/mol. The summed E-state index contributed by atoms with van der Waals surface area (Å²) in [6.07, 6.45) is 7.36. The van der Waals surface area contributed by atoms with Crippen LogP contribution in [0.5, 0.6) is 11.5 Å². The second-order valence-electron chi connectivity index (χ2n) is 8.71. The zero-order valence-electron chi connectivity index (χ0n) is 20.0. The Hall–Kier alpha value is -2.79. The lowest BCUT2D eigenvalue weighted by molar-refractivity contribution is 0.323. The van der Waals surface area contributed by atoms with Crippen molar-refractivity contribution in [2.45, 2.75) is 52.9 Å². The number of nitrogens with zero attached hydrogens (tertiary/aromatic N) is 1. The van der Waals surface area contributed by atoms with Gasteiger partial charge in [-0.25, -0.2) is 0 Å². The zero-order valence-corrected chi connectivity index (χ0v) is 20.8. The maximum absolute atomic E-state index is 11.7.